The van der Waals surface area contributed by atoms with Gasteiger partial charge in [0.05, 0.1) is 18.4 Å². The highest BCUT2D eigenvalue weighted by Gasteiger charge is 2.58. The number of nitrogens with zero attached hydrogens (tertiary/aromatic N) is 1. The van der Waals surface area contributed by atoms with Gasteiger partial charge in [0.2, 0.25) is 11.8 Å². The van der Waals surface area contributed by atoms with E-state index >= 15 is 0 Å². The Hall–Kier alpha value is -1.19. The predicted molar refractivity (Wildman–Crippen MR) is 50.4 cm³/mol. The maximum atomic E-state index is 12.2. The monoisotopic (exact) mass is 209 g/mol. The SMILES string of the molecule is O=C1C2C3C=CC(C3)C2C(=O)N1CCF. The lowest BCUT2D eigenvalue weighted by molar-refractivity contribution is -0.140. The molecule has 2 amide bonds. The predicted octanol–water partition coefficient (Wildman–Crippen LogP) is 0.763. The van der Waals surface area contributed by atoms with Gasteiger partial charge in [-0.3, -0.25) is 14.5 Å². The topological polar surface area (TPSA) is 37.4 Å². The molecule has 1 saturated carbocycles. The van der Waals surface area contributed by atoms with E-state index in [0.29, 0.717) is 0 Å². The molecule has 1 heterocycles. The van der Waals surface area contributed by atoms with Gasteiger partial charge in [-0.25, -0.2) is 4.39 Å². The summed E-state index contributed by atoms with van der Waals surface area (Å²) >= 11 is 0. The lowest BCUT2D eigenvalue weighted by Gasteiger charge is -2.14. The van der Waals surface area contributed by atoms with Crippen LogP contribution in [-0.4, -0.2) is 29.9 Å². The fraction of sp³-hybridized carbons (Fsp3) is 0.636. The van der Waals surface area contributed by atoms with E-state index in [1.54, 1.807) is 0 Å². The Kier molecular flexibility index (Phi) is 1.75. The molecule has 0 aromatic rings. The summed E-state index contributed by atoms with van der Waals surface area (Å²) in [6, 6.07) is 0. The number of imide groups is 1. The first kappa shape index (κ1) is 9.07. The van der Waals surface area contributed by atoms with Crippen LogP contribution in [0.25, 0.3) is 0 Å². The van der Waals surface area contributed by atoms with Crippen molar-refractivity contribution in [1.82, 2.24) is 4.90 Å². The van der Waals surface area contributed by atoms with E-state index in [9.17, 15) is 14.0 Å². The lowest BCUT2D eigenvalue weighted by Crippen LogP contribution is -2.34. The van der Waals surface area contributed by atoms with E-state index in [1.807, 2.05) is 12.2 Å². The van der Waals surface area contributed by atoms with Gasteiger partial charge in [0.1, 0.15) is 6.67 Å². The largest absolute Gasteiger partial charge is 0.279 e. The Bertz CT molecular complexity index is 336. The minimum Gasteiger partial charge on any atom is -0.279 e. The Morgan fingerprint density at radius 1 is 1.20 bits per heavy atom. The average molecular weight is 209 g/mol. The number of allylic oxidation sites excluding steroid dienone is 2. The number of alkyl halides is 1. The second kappa shape index (κ2) is 2.90. The van der Waals surface area contributed by atoms with Crippen LogP contribution in [0.1, 0.15) is 6.42 Å². The maximum Gasteiger partial charge on any atom is 0.233 e. The Balaban J connectivity index is 1.93. The molecule has 1 aliphatic heterocycles. The van der Waals surface area contributed by atoms with Crippen LogP contribution in [0, 0.1) is 23.7 Å². The maximum absolute atomic E-state index is 12.2. The van der Waals surface area contributed by atoms with Crippen LogP contribution in [0.2, 0.25) is 0 Å². The second-order valence-corrected chi connectivity index (χ2v) is 4.52. The minimum atomic E-state index is -0.639. The van der Waals surface area contributed by atoms with Crippen LogP contribution in [0.4, 0.5) is 4.39 Å². The summed E-state index contributed by atoms with van der Waals surface area (Å²) in [5, 5.41) is 0. The molecule has 2 bridgehead atoms. The highest BCUT2D eigenvalue weighted by molar-refractivity contribution is 6.06. The summed E-state index contributed by atoms with van der Waals surface area (Å²) in [6.45, 7) is -0.705. The van der Waals surface area contributed by atoms with E-state index in [2.05, 4.69) is 0 Å². The molecule has 0 radical (unpaired) electrons. The third-order valence-corrected chi connectivity index (χ3v) is 3.87. The first-order valence-corrected chi connectivity index (χ1v) is 5.33. The van der Waals surface area contributed by atoms with Crippen molar-refractivity contribution in [3.05, 3.63) is 12.2 Å². The summed E-state index contributed by atoms with van der Waals surface area (Å²) in [7, 11) is 0. The van der Waals surface area contributed by atoms with Crippen LogP contribution in [0.5, 0.6) is 0 Å². The Morgan fingerprint density at radius 2 is 1.73 bits per heavy atom. The summed E-state index contributed by atoms with van der Waals surface area (Å²) < 4.78 is 12.2. The molecule has 3 aliphatic rings. The van der Waals surface area contributed by atoms with Crippen molar-refractivity contribution in [2.24, 2.45) is 23.7 Å². The first-order valence-electron chi connectivity index (χ1n) is 5.33. The summed E-state index contributed by atoms with van der Waals surface area (Å²) in [5.41, 5.74) is 0. The van der Waals surface area contributed by atoms with Gasteiger partial charge in [-0.1, -0.05) is 12.2 Å². The van der Waals surface area contributed by atoms with Gasteiger partial charge in [-0.15, -0.1) is 0 Å². The Morgan fingerprint density at radius 3 is 2.20 bits per heavy atom. The van der Waals surface area contributed by atoms with Gasteiger partial charge < -0.3 is 0 Å². The molecule has 2 fully saturated rings. The van der Waals surface area contributed by atoms with Crippen LogP contribution < -0.4 is 0 Å². The van der Waals surface area contributed by atoms with E-state index in [4.69, 9.17) is 0 Å². The number of carbonyl (C=O) groups is 2. The van der Waals surface area contributed by atoms with E-state index in [-0.39, 0.29) is 42.0 Å². The van der Waals surface area contributed by atoms with E-state index < -0.39 is 6.67 Å². The third-order valence-electron chi connectivity index (χ3n) is 3.87. The molecule has 3 nitrogen and oxygen atoms in total. The zero-order chi connectivity index (χ0) is 10.6. The molecular weight excluding hydrogens is 197 g/mol. The third kappa shape index (κ3) is 0.994. The standard InChI is InChI=1S/C11H12FNO2/c12-3-4-13-10(14)8-6-1-2-7(5-6)9(8)11(13)15/h1-2,6-9H,3-5H2. The number of rotatable bonds is 2. The van der Waals surface area contributed by atoms with Crippen molar-refractivity contribution < 1.29 is 14.0 Å². The highest BCUT2D eigenvalue weighted by Crippen LogP contribution is 2.52. The molecule has 0 aromatic heterocycles. The number of likely N-dealkylation sites (tertiary alicyclic amines) is 1. The van der Waals surface area contributed by atoms with Crippen LogP contribution >= 0.6 is 0 Å². The average Bonchev–Trinajstić information content (AvgIpc) is 2.87. The number of fused-ring (bicyclic) bond motifs is 5. The van der Waals surface area contributed by atoms with Gasteiger partial charge in [0.25, 0.3) is 0 Å². The zero-order valence-electron chi connectivity index (χ0n) is 8.23. The molecule has 0 N–H and O–H groups in total. The van der Waals surface area contributed by atoms with Crippen molar-refractivity contribution in [3.63, 3.8) is 0 Å². The molecule has 4 unspecified atom stereocenters. The van der Waals surface area contributed by atoms with Gasteiger partial charge >= 0.3 is 0 Å². The summed E-state index contributed by atoms with van der Waals surface area (Å²) in [4.78, 5) is 24.9. The summed E-state index contributed by atoms with van der Waals surface area (Å²) in [5.74, 6) is -0.223. The molecule has 1 saturated heterocycles. The van der Waals surface area contributed by atoms with Crippen LogP contribution in [0.3, 0.4) is 0 Å². The van der Waals surface area contributed by atoms with E-state index in [0.717, 1.165) is 11.3 Å². The molecule has 0 spiro atoms. The van der Waals surface area contributed by atoms with Gasteiger partial charge in [0.15, 0.2) is 0 Å². The lowest BCUT2D eigenvalue weighted by atomic mass is 9.85. The molecule has 3 rings (SSSR count). The van der Waals surface area contributed by atoms with Crippen molar-refractivity contribution in [1.29, 1.82) is 0 Å². The number of hydrogen-bond donors (Lipinski definition) is 0. The normalized spacial score (nSPS) is 41.8. The Labute approximate surface area is 86.9 Å². The molecule has 0 aromatic carbocycles. The number of hydrogen-bond acceptors (Lipinski definition) is 2. The van der Waals surface area contributed by atoms with Crippen molar-refractivity contribution in [3.8, 4) is 0 Å². The van der Waals surface area contributed by atoms with Crippen molar-refractivity contribution >= 4 is 11.8 Å². The highest BCUT2D eigenvalue weighted by atomic mass is 19.1. The van der Waals surface area contributed by atoms with Gasteiger partial charge in [-0.2, -0.15) is 0 Å². The molecule has 80 valence electrons. The summed E-state index contributed by atoms with van der Waals surface area (Å²) in [6.07, 6.45) is 5.00. The van der Waals surface area contributed by atoms with Gasteiger partial charge in [-0.05, 0) is 18.3 Å². The van der Waals surface area contributed by atoms with Crippen LogP contribution in [-0.2, 0) is 9.59 Å². The zero-order valence-corrected chi connectivity index (χ0v) is 8.23. The molecule has 2 aliphatic carbocycles. The van der Waals surface area contributed by atoms with Gasteiger partial charge in [0, 0.05) is 0 Å². The second-order valence-electron chi connectivity index (χ2n) is 4.52. The first-order chi connectivity index (χ1) is 7.24. The molecule has 15 heavy (non-hydrogen) atoms. The fourth-order valence-corrected chi connectivity index (χ4v) is 3.27. The minimum absolute atomic E-state index is 0.0654. The van der Waals surface area contributed by atoms with Crippen molar-refractivity contribution in [2.45, 2.75) is 6.42 Å². The number of halogens is 1. The van der Waals surface area contributed by atoms with Crippen LogP contribution in [0.15, 0.2) is 12.2 Å². The molecular formula is C11H12FNO2. The fourth-order valence-electron chi connectivity index (χ4n) is 3.27. The molecule has 4 heteroatoms. The number of carbonyl (C=O) groups excluding carboxylic acids is 2. The number of amides is 2. The van der Waals surface area contributed by atoms with Crippen molar-refractivity contribution in [2.75, 3.05) is 13.2 Å². The quantitative estimate of drug-likeness (QED) is 0.497. The van der Waals surface area contributed by atoms with E-state index in [1.165, 1.54) is 0 Å². The smallest absolute Gasteiger partial charge is 0.233 e. The molecule has 4 atom stereocenters.